The van der Waals surface area contributed by atoms with Crippen molar-refractivity contribution in [2.45, 2.75) is 0 Å². The Bertz CT molecular complexity index is 826. The molecular formula is C15H13FN4O. The number of hydrogen-bond acceptors (Lipinski definition) is 4. The lowest BCUT2D eigenvalue weighted by Crippen LogP contribution is -1.88. The number of nitrogen functional groups attached to an aromatic ring is 1. The van der Waals surface area contributed by atoms with Gasteiger partial charge in [-0.1, -0.05) is 6.07 Å². The van der Waals surface area contributed by atoms with Crippen LogP contribution in [0.15, 0.2) is 30.3 Å². The van der Waals surface area contributed by atoms with Crippen molar-refractivity contribution < 1.29 is 9.13 Å². The van der Waals surface area contributed by atoms with Gasteiger partial charge in [0.2, 0.25) is 5.88 Å². The van der Waals surface area contributed by atoms with Crippen LogP contribution >= 0.6 is 0 Å². The third kappa shape index (κ3) is 2.55. The SMILES string of the molecule is COc1cccc(C=Cc2n[nH]c3c(F)cc(N)cc23)n1. The van der Waals surface area contributed by atoms with Gasteiger partial charge < -0.3 is 10.5 Å². The Morgan fingerprint density at radius 2 is 2.14 bits per heavy atom. The van der Waals surface area contributed by atoms with Crippen LogP contribution in [-0.2, 0) is 0 Å². The molecule has 1 aromatic carbocycles. The first-order valence-corrected chi connectivity index (χ1v) is 6.29. The summed E-state index contributed by atoms with van der Waals surface area (Å²) in [5.41, 5.74) is 7.67. The number of hydrogen-bond donors (Lipinski definition) is 2. The summed E-state index contributed by atoms with van der Waals surface area (Å²) < 4.78 is 18.8. The topological polar surface area (TPSA) is 76.8 Å². The molecule has 2 aromatic heterocycles. The van der Waals surface area contributed by atoms with Gasteiger partial charge in [-0.15, -0.1) is 0 Å². The highest BCUT2D eigenvalue weighted by atomic mass is 19.1. The fraction of sp³-hybridized carbons (Fsp3) is 0.0667. The summed E-state index contributed by atoms with van der Waals surface area (Å²) in [7, 11) is 1.56. The normalized spacial score (nSPS) is 11.3. The molecule has 106 valence electrons. The molecule has 0 aliphatic rings. The van der Waals surface area contributed by atoms with Crippen LogP contribution in [0.2, 0.25) is 0 Å². The molecule has 3 rings (SSSR count). The number of nitrogens with two attached hydrogens (primary N) is 1. The summed E-state index contributed by atoms with van der Waals surface area (Å²) >= 11 is 0. The van der Waals surface area contributed by atoms with E-state index in [1.165, 1.54) is 6.07 Å². The van der Waals surface area contributed by atoms with E-state index in [0.717, 1.165) is 5.69 Å². The zero-order valence-corrected chi connectivity index (χ0v) is 11.3. The van der Waals surface area contributed by atoms with E-state index in [1.807, 2.05) is 12.1 Å². The van der Waals surface area contributed by atoms with E-state index in [-0.39, 0.29) is 0 Å². The van der Waals surface area contributed by atoms with Crippen LogP contribution in [-0.4, -0.2) is 22.3 Å². The molecule has 0 saturated carbocycles. The molecular weight excluding hydrogens is 271 g/mol. The molecule has 6 heteroatoms. The number of aromatic nitrogens is 3. The first kappa shape index (κ1) is 13.1. The minimum Gasteiger partial charge on any atom is -0.481 e. The quantitative estimate of drug-likeness (QED) is 0.725. The summed E-state index contributed by atoms with van der Waals surface area (Å²) in [4.78, 5) is 4.26. The van der Waals surface area contributed by atoms with E-state index >= 15 is 0 Å². The number of nitrogens with zero attached hydrogens (tertiary/aromatic N) is 2. The van der Waals surface area contributed by atoms with Crippen molar-refractivity contribution in [3.8, 4) is 5.88 Å². The first-order valence-electron chi connectivity index (χ1n) is 6.29. The van der Waals surface area contributed by atoms with Crippen LogP contribution in [0, 0.1) is 5.82 Å². The van der Waals surface area contributed by atoms with Gasteiger partial charge in [0.1, 0.15) is 5.52 Å². The van der Waals surface area contributed by atoms with E-state index in [0.29, 0.717) is 28.2 Å². The standard InChI is InChI=1S/C15H13FN4O/c1-21-14-4-2-3-10(18-14)5-6-13-11-7-9(17)8-12(16)15(11)20-19-13/h2-8H,17H2,1H3,(H,19,20). The molecule has 0 unspecified atom stereocenters. The molecule has 0 atom stereocenters. The molecule has 0 bridgehead atoms. The number of ether oxygens (including phenoxy) is 1. The lowest BCUT2D eigenvalue weighted by molar-refractivity contribution is 0.397. The minimum atomic E-state index is -0.420. The molecule has 0 amide bonds. The Morgan fingerprint density at radius 3 is 2.95 bits per heavy atom. The van der Waals surface area contributed by atoms with Crippen molar-refractivity contribution in [1.29, 1.82) is 0 Å². The maximum atomic E-state index is 13.7. The lowest BCUT2D eigenvalue weighted by atomic mass is 10.1. The number of H-pyrrole nitrogens is 1. The van der Waals surface area contributed by atoms with Gasteiger partial charge in [-0.25, -0.2) is 9.37 Å². The molecule has 2 heterocycles. The lowest BCUT2D eigenvalue weighted by Gasteiger charge is -1.98. The fourth-order valence-electron chi connectivity index (χ4n) is 2.05. The summed E-state index contributed by atoms with van der Waals surface area (Å²) in [6.07, 6.45) is 3.53. The number of halogens is 1. The predicted octanol–water partition coefficient (Wildman–Crippen LogP) is 2.86. The van der Waals surface area contributed by atoms with Gasteiger partial charge in [0.25, 0.3) is 0 Å². The van der Waals surface area contributed by atoms with Crippen molar-refractivity contribution in [1.82, 2.24) is 15.2 Å². The van der Waals surface area contributed by atoms with Gasteiger partial charge in [0.15, 0.2) is 5.82 Å². The maximum Gasteiger partial charge on any atom is 0.213 e. The number of nitrogens with one attached hydrogen (secondary N) is 1. The molecule has 0 saturated heterocycles. The van der Waals surface area contributed by atoms with E-state index in [9.17, 15) is 4.39 Å². The molecule has 21 heavy (non-hydrogen) atoms. The zero-order valence-electron chi connectivity index (χ0n) is 11.3. The van der Waals surface area contributed by atoms with Gasteiger partial charge in [0, 0.05) is 17.1 Å². The molecule has 5 nitrogen and oxygen atoms in total. The van der Waals surface area contributed by atoms with Gasteiger partial charge in [-0.3, -0.25) is 5.10 Å². The van der Waals surface area contributed by atoms with E-state index in [2.05, 4.69) is 15.2 Å². The second-order valence-electron chi connectivity index (χ2n) is 4.47. The smallest absolute Gasteiger partial charge is 0.213 e. The Balaban J connectivity index is 1.99. The number of anilines is 1. The minimum absolute atomic E-state index is 0.336. The van der Waals surface area contributed by atoms with Crippen LogP contribution in [0.25, 0.3) is 23.1 Å². The molecule has 0 spiro atoms. The summed E-state index contributed by atoms with van der Waals surface area (Å²) in [5, 5.41) is 7.39. The average Bonchev–Trinajstić information content (AvgIpc) is 2.88. The van der Waals surface area contributed by atoms with Crippen molar-refractivity contribution in [3.63, 3.8) is 0 Å². The molecule has 0 fully saturated rings. The number of aromatic amines is 1. The third-order valence-electron chi connectivity index (χ3n) is 3.04. The van der Waals surface area contributed by atoms with E-state index in [1.54, 1.807) is 31.4 Å². The van der Waals surface area contributed by atoms with Gasteiger partial charge in [-0.2, -0.15) is 5.10 Å². The molecule has 0 radical (unpaired) electrons. The zero-order chi connectivity index (χ0) is 14.8. The molecule has 0 aliphatic carbocycles. The van der Waals surface area contributed by atoms with Crippen LogP contribution in [0.5, 0.6) is 5.88 Å². The highest BCUT2D eigenvalue weighted by Crippen LogP contribution is 2.23. The molecule has 0 aliphatic heterocycles. The van der Waals surface area contributed by atoms with E-state index < -0.39 is 5.82 Å². The first-order chi connectivity index (χ1) is 10.2. The number of benzene rings is 1. The second kappa shape index (κ2) is 5.24. The Morgan fingerprint density at radius 1 is 1.29 bits per heavy atom. The Labute approximate surface area is 120 Å². The molecule has 3 N–H and O–H groups in total. The second-order valence-corrected chi connectivity index (χ2v) is 4.47. The van der Waals surface area contributed by atoms with Crippen LogP contribution in [0.1, 0.15) is 11.4 Å². The molecule has 3 aromatic rings. The van der Waals surface area contributed by atoms with Crippen molar-refractivity contribution in [2.75, 3.05) is 12.8 Å². The summed E-state index contributed by atoms with van der Waals surface area (Å²) in [5.74, 6) is 0.107. The van der Waals surface area contributed by atoms with Crippen molar-refractivity contribution in [2.24, 2.45) is 0 Å². The van der Waals surface area contributed by atoms with Crippen LogP contribution in [0.4, 0.5) is 10.1 Å². The van der Waals surface area contributed by atoms with E-state index in [4.69, 9.17) is 10.5 Å². The van der Waals surface area contributed by atoms with Crippen molar-refractivity contribution >= 4 is 28.7 Å². The highest BCUT2D eigenvalue weighted by molar-refractivity contribution is 5.91. The highest BCUT2D eigenvalue weighted by Gasteiger charge is 2.08. The summed E-state index contributed by atoms with van der Waals surface area (Å²) in [6, 6.07) is 8.38. The van der Waals surface area contributed by atoms with Gasteiger partial charge >= 0.3 is 0 Å². The van der Waals surface area contributed by atoms with Gasteiger partial charge in [0.05, 0.1) is 18.5 Å². The third-order valence-corrected chi connectivity index (χ3v) is 3.04. The number of rotatable bonds is 3. The number of pyridine rings is 1. The Hall–Kier alpha value is -2.89. The number of methoxy groups -OCH3 is 1. The average molecular weight is 284 g/mol. The number of fused-ring (bicyclic) bond motifs is 1. The summed E-state index contributed by atoms with van der Waals surface area (Å²) in [6.45, 7) is 0. The fourth-order valence-corrected chi connectivity index (χ4v) is 2.05. The van der Waals surface area contributed by atoms with Crippen LogP contribution < -0.4 is 10.5 Å². The Kier molecular flexibility index (Phi) is 3.27. The van der Waals surface area contributed by atoms with Crippen molar-refractivity contribution in [3.05, 3.63) is 47.5 Å². The van der Waals surface area contributed by atoms with Gasteiger partial charge in [-0.05, 0) is 30.4 Å². The maximum absolute atomic E-state index is 13.7. The largest absolute Gasteiger partial charge is 0.481 e. The van der Waals surface area contributed by atoms with Crippen LogP contribution in [0.3, 0.4) is 0 Å². The monoisotopic (exact) mass is 284 g/mol. The predicted molar refractivity (Wildman–Crippen MR) is 80.2 cm³/mol.